The van der Waals surface area contributed by atoms with Crippen LogP contribution in [0.3, 0.4) is 0 Å². The van der Waals surface area contributed by atoms with Gasteiger partial charge in [-0.05, 0) is 11.6 Å². The average Bonchev–Trinajstić information content (AvgIpc) is 2.04. The molecule has 0 unspecified atom stereocenters. The first-order valence-electron chi connectivity index (χ1n) is 3.06. The monoisotopic (exact) mass is 128 g/mol. The fourth-order valence-electron chi connectivity index (χ4n) is 0.806. The molecule has 1 aromatic carbocycles. The minimum absolute atomic E-state index is 0.900. The molecule has 1 aromatic rings. The highest BCUT2D eigenvalue weighted by Gasteiger charge is 1.90. The Balaban J connectivity index is 3.24. The summed E-state index contributed by atoms with van der Waals surface area (Å²) >= 11 is 0. The van der Waals surface area contributed by atoms with E-state index in [0.29, 0.717) is 0 Å². The van der Waals surface area contributed by atoms with Gasteiger partial charge in [-0.3, -0.25) is 0 Å². The number of terminal acetylenes is 1. The lowest BCUT2D eigenvalue weighted by atomic mass is 10.1. The summed E-state index contributed by atoms with van der Waals surface area (Å²) < 4.78 is 0. The predicted molar refractivity (Wildman–Crippen MR) is 44.5 cm³/mol. The highest BCUT2D eigenvalue weighted by atomic mass is 13.9. The van der Waals surface area contributed by atoms with E-state index in [1.54, 1.807) is 6.08 Å². The summed E-state index contributed by atoms with van der Waals surface area (Å²) in [6.07, 6.45) is 6.99. The summed E-state index contributed by atoms with van der Waals surface area (Å²) in [4.78, 5) is 0. The predicted octanol–water partition coefficient (Wildman–Crippen LogP) is 2.31. The molecular formula is C10H8. The minimum atomic E-state index is 0.900. The Kier molecular flexibility index (Phi) is 1.92. The molecule has 0 atom stereocenters. The van der Waals surface area contributed by atoms with Crippen LogP contribution in [-0.2, 0) is 0 Å². The summed E-state index contributed by atoms with van der Waals surface area (Å²) in [5.41, 5.74) is 1.92. The summed E-state index contributed by atoms with van der Waals surface area (Å²) in [6, 6.07) is 7.71. The van der Waals surface area contributed by atoms with E-state index in [2.05, 4.69) is 12.5 Å². The van der Waals surface area contributed by atoms with Crippen molar-refractivity contribution in [1.29, 1.82) is 0 Å². The van der Waals surface area contributed by atoms with E-state index in [9.17, 15) is 0 Å². The molecule has 0 fully saturated rings. The third-order valence-electron chi connectivity index (χ3n) is 1.34. The first-order valence-corrected chi connectivity index (χ1v) is 3.06. The molecule has 0 amide bonds. The Hall–Kier alpha value is -1.48. The zero-order valence-corrected chi connectivity index (χ0v) is 5.67. The van der Waals surface area contributed by atoms with E-state index >= 15 is 0 Å². The van der Waals surface area contributed by atoms with Gasteiger partial charge >= 0.3 is 0 Å². The molecule has 0 nitrogen and oxygen atoms in total. The second kappa shape index (κ2) is 2.89. The molecule has 0 aromatic heterocycles. The maximum absolute atomic E-state index is 5.23. The van der Waals surface area contributed by atoms with E-state index in [-0.39, 0.29) is 0 Å². The van der Waals surface area contributed by atoms with Gasteiger partial charge in [0.2, 0.25) is 0 Å². The van der Waals surface area contributed by atoms with Gasteiger partial charge in [0, 0.05) is 5.56 Å². The molecule has 48 valence electrons. The lowest BCUT2D eigenvalue weighted by Gasteiger charge is -1.94. The van der Waals surface area contributed by atoms with Crippen LogP contribution in [0, 0.1) is 12.3 Å². The van der Waals surface area contributed by atoms with Gasteiger partial charge in [-0.2, -0.15) is 0 Å². The van der Waals surface area contributed by atoms with Gasteiger partial charge in [0.15, 0.2) is 0 Å². The van der Waals surface area contributed by atoms with Crippen LogP contribution in [0.5, 0.6) is 0 Å². The van der Waals surface area contributed by atoms with Crippen molar-refractivity contribution in [2.75, 3.05) is 0 Å². The summed E-state index contributed by atoms with van der Waals surface area (Å²) in [5.74, 6) is 2.58. The van der Waals surface area contributed by atoms with Gasteiger partial charge in [0.25, 0.3) is 0 Å². The third kappa shape index (κ3) is 1.09. The molecular weight excluding hydrogens is 120 g/mol. The standard InChI is InChI=1S/C10H8/c1-3-9-7-5-6-8-10(9)4-2/h1,4-8H,2H2. The highest BCUT2D eigenvalue weighted by Crippen LogP contribution is 2.07. The second-order valence-electron chi connectivity index (χ2n) is 1.94. The van der Waals surface area contributed by atoms with Gasteiger partial charge in [0.1, 0.15) is 0 Å². The van der Waals surface area contributed by atoms with Crippen molar-refractivity contribution < 1.29 is 0 Å². The van der Waals surface area contributed by atoms with E-state index < -0.39 is 0 Å². The molecule has 0 bridgehead atoms. The van der Waals surface area contributed by atoms with Crippen LogP contribution in [0.25, 0.3) is 6.08 Å². The van der Waals surface area contributed by atoms with Crippen LogP contribution in [0.4, 0.5) is 0 Å². The average molecular weight is 128 g/mol. The molecule has 0 aliphatic carbocycles. The Labute approximate surface area is 61.2 Å². The van der Waals surface area contributed by atoms with Gasteiger partial charge < -0.3 is 0 Å². The summed E-state index contributed by atoms with van der Waals surface area (Å²) in [7, 11) is 0. The largest absolute Gasteiger partial charge is 0.115 e. The summed E-state index contributed by atoms with van der Waals surface area (Å²) in [6.45, 7) is 3.64. The van der Waals surface area contributed by atoms with Crippen molar-refractivity contribution >= 4 is 6.08 Å². The van der Waals surface area contributed by atoms with Crippen molar-refractivity contribution in [3.63, 3.8) is 0 Å². The third-order valence-corrected chi connectivity index (χ3v) is 1.34. The number of hydrogen-bond acceptors (Lipinski definition) is 0. The van der Waals surface area contributed by atoms with Crippen LogP contribution in [0.15, 0.2) is 30.8 Å². The van der Waals surface area contributed by atoms with E-state index in [1.165, 1.54) is 0 Å². The number of rotatable bonds is 1. The van der Waals surface area contributed by atoms with Crippen molar-refractivity contribution in [3.05, 3.63) is 42.0 Å². The van der Waals surface area contributed by atoms with Crippen molar-refractivity contribution in [2.24, 2.45) is 0 Å². The van der Waals surface area contributed by atoms with Crippen molar-refractivity contribution in [2.45, 2.75) is 0 Å². The van der Waals surface area contributed by atoms with Gasteiger partial charge in [-0.1, -0.05) is 36.8 Å². The highest BCUT2D eigenvalue weighted by molar-refractivity contribution is 5.56. The molecule has 0 spiro atoms. The van der Waals surface area contributed by atoms with Gasteiger partial charge in [-0.25, -0.2) is 0 Å². The van der Waals surface area contributed by atoms with Gasteiger partial charge in [-0.15, -0.1) is 6.42 Å². The lowest BCUT2D eigenvalue weighted by Crippen LogP contribution is -1.77. The number of benzene rings is 1. The molecule has 0 saturated carbocycles. The molecule has 0 heteroatoms. The smallest absolute Gasteiger partial charge is 0.0314 e. The Morgan fingerprint density at radius 1 is 1.40 bits per heavy atom. The van der Waals surface area contributed by atoms with E-state index in [0.717, 1.165) is 11.1 Å². The Bertz CT molecular complexity index is 276. The maximum Gasteiger partial charge on any atom is 0.0314 e. The van der Waals surface area contributed by atoms with Crippen molar-refractivity contribution in [3.8, 4) is 12.3 Å². The summed E-state index contributed by atoms with van der Waals surface area (Å²) in [5, 5.41) is 0. The molecule has 10 heavy (non-hydrogen) atoms. The van der Waals surface area contributed by atoms with Crippen LogP contribution >= 0.6 is 0 Å². The van der Waals surface area contributed by atoms with E-state index in [4.69, 9.17) is 6.42 Å². The van der Waals surface area contributed by atoms with Crippen LogP contribution in [0.2, 0.25) is 0 Å². The van der Waals surface area contributed by atoms with E-state index in [1.807, 2.05) is 24.3 Å². The van der Waals surface area contributed by atoms with Crippen LogP contribution in [-0.4, -0.2) is 0 Å². The zero-order valence-electron chi connectivity index (χ0n) is 5.67. The second-order valence-corrected chi connectivity index (χ2v) is 1.94. The molecule has 1 rings (SSSR count). The Morgan fingerprint density at radius 2 is 2.10 bits per heavy atom. The minimum Gasteiger partial charge on any atom is -0.115 e. The normalized spacial score (nSPS) is 8.30. The molecule has 0 saturated heterocycles. The molecule has 0 aliphatic rings. The fraction of sp³-hybridized carbons (Fsp3) is 0. The lowest BCUT2D eigenvalue weighted by molar-refractivity contribution is 1.61. The number of hydrogen-bond donors (Lipinski definition) is 0. The fourth-order valence-corrected chi connectivity index (χ4v) is 0.806. The topological polar surface area (TPSA) is 0 Å². The molecule has 0 N–H and O–H groups in total. The first kappa shape index (κ1) is 6.64. The zero-order chi connectivity index (χ0) is 7.40. The van der Waals surface area contributed by atoms with Crippen molar-refractivity contribution in [1.82, 2.24) is 0 Å². The molecule has 0 radical (unpaired) electrons. The van der Waals surface area contributed by atoms with Gasteiger partial charge in [0.05, 0.1) is 0 Å². The SMILES string of the molecule is C#Cc1ccccc1C=C. The maximum atomic E-state index is 5.23. The van der Waals surface area contributed by atoms with Crippen LogP contribution < -0.4 is 0 Å². The first-order chi connectivity index (χ1) is 4.88. The molecule has 0 heterocycles. The Morgan fingerprint density at radius 3 is 2.60 bits per heavy atom. The van der Waals surface area contributed by atoms with Crippen LogP contribution in [0.1, 0.15) is 11.1 Å². The quantitative estimate of drug-likeness (QED) is 0.509. The molecule has 0 aliphatic heterocycles.